The van der Waals surface area contributed by atoms with Crippen molar-refractivity contribution in [2.24, 2.45) is 5.92 Å². The molecule has 3 heterocycles. The molecule has 0 bridgehead atoms. The molecule has 1 fully saturated rings. The van der Waals surface area contributed by atoms with Crippen LogP contribution in [-0.4, -0.2) is 36.5 Å². The fourth-order valence-electron chi connectivity index (χ4n) is 5.39. The second-order valence-electron chi connectivity index (χ2n) is 9.26. The number of rotatable bonds is 7. The summed E-state index contributed by atoms with van der Waals surface area (Å²) in [5.41, 5.74) is 3.81. The highest BCUT2D eigenvalue weighted by Gasteiger charge is 2.35. The lowest BCUT2D eigenvalue weighted by Crippen LogP contribution is -2.40. The first-order chi connectivity index (χ1) is 17.2. The van der Waals surface area contributed by atoms with E-state index in [9.17, 15) is 9.59 Å². The molecule has 3 aromatic rings. The van der Waals surface area contributed by atoms with Crippen LogP contribution in [0.4, 0.5) is 5.00 Å². The lowest BCUT2D eigenvalue weighted by atomic mass is 9.87. The van der Waals surface area contributed by atoms with Crippen molar-refractivity contribution in [1.29, 1.82) is 0 Å². The Morgan fingerprint density at radius 1 is 1.11 bits per heavy atom. The molecular weight excluding hydrogens is 460 g/mol. The van der Waals surface area contributed by atoms with Gasteiger partial charge in [-0.2, -0.15) is 0 Å². The monoisotopic (exact) mass is 492 g/mol. The Labute approximate surface area is 210 Å². The third-order valence-electron chi connectivity index (χ3n) is 7.09. The van der Waals surface area contributed by atoms with Crippen molar-refractivity contribution < 1.29 is 18.7 Å². The van der Waals surface area contributed by atoms with E-state index in [1.54, 1.807) is 23.5 Å². The van der Waals surface area contributed by atoms with Crippen molar-refractivity contribution in [1.82, 2.24) is 4.90 Å². The molecule has 1 aromatic carbocycles. The SMILES string of the molecule is CCOC(=O)C1CCN(C(c2ccccc2)c2c(NC(=O)c3ccco3)sc3c2CCCC3)CC1. The Bertz CT molecular complexity index is 1150. The van der Waals surface area contributed by atoms with Gasteiger partial charge in [0.15, 0.2) is 5.76 Å². The number of carbonyl (C=O) groups is 2. The van der Waals surface area contributed by atoms with Gasteiger partial charge in [0, 0.05) is 10.4 Å². The van der Waals surface area contributed by atoms with E-state index in [0.717, 1.165) is 50.2 Å². The summed E-state index contributed by atoms with van der Waals surface area (Å²) in [6.07, 6.45) is 7.51. The van der Waals surface area contributed by atoms with Gasteiger partial charge in [-0.1, -0.05) is 30.3 Å². The molecule has 0 spiro atoms. The maximum atomic E-state index is 13.0. The largest absolute Gasteiger partial charge is 0.466 e. The Hall–Kier alpha value is -2.90. The van der Waals surface area contributed by atoms with Crippen LogP contribution < -0.4 is 5.32 Å². The van der Waals surface area contributed by atoms with Crippen molar-refractivity contribution in [3.05, 3.63) is 76.1 Å². The number of thiophene rings is 1. The van der Waals surface area contributed by atoms with Crippen LogP contribution in [-0.2, 0) is 22.4 Å². The Balaban J connectivity index is 1.51. The molecule has 6 nitrogen and oxygen atoms in total. The predicted octanol–water partition coefficient (Wildman–Crippen LogP) is 5.84. The van der Waals surface area contributed by atoms with Gasteiger partial charge in [0.2, 0.25) is 0 Å². The van der Waals surface area contributed by atoms with E-state index in [1.165, 1.54) is 34.3 Å². The Morgan fingerprint density at radius 2 is 1.89 bits per heavy atom. The van der Waals surface area contributed by atoms with Crippen LogP contribution in [0, 0.1) is 5.92 Å². The van der Waals surface area contributed by atoms with E-state index in [0.29, 0.717) is 12.4 Å². The quantitative estimate of drug-likeness (QED) is 0.420. The van der Waals surface area contributed by atoms with E-state index in [1.807, 2.05) is 13.0 Å². The zero-order valence-corrected chi connectivity index (χ0v) is 20.9. The second-order valence-corrected chi connectivity index (χ2v) is 10.4. The number of esters is 1. The first-order valence-electron chi connectivity index (χ1n) is 12.6. The summed E-state index contributed by atoms with van der Waals surface area (Å²) in [7, 11) is 0. The topological polar surface area (TPSA) is 71.8 Å². The van der Waals surface area contributed by atoms with Gasteiger partial charge < -0.3 is 14.5 Å². The van der Waals surface area contributed by atoms with E-state index < -0.39 is 0 Å². The maximum absolute atomic E-state index is 13.0. The van der Waals surface area contributed by atoms with Crippen LogP contribution in [0.3, 0.4) is 0 Å². The maximum Gasteiger partial charge on any atom is 0.309 e. The van der Waals surface area contributed by atoms with Gasteiger partial charge >= 0.3 is 5.97 Å². The average Bonchev–Trinajstić information content (AvgIpc) is 3.55. The summed E-state index contributed by atoms with van der Waals surface area (Å²) in [5.74, 6) is -0.0311. The number of fused-ring (bicyclic) bond motifs is 1. The number of hydrogen-bond acceptors (Lipinski definition) is 6. The van der Waals surface area contributed by atoms with Crippen LogP contribution in [0.5, 0.6) is 0 Å². The smallest absolute Gasteiger partial charge is 0.309 e. The highest BCUT2D eigenvalue weighted by molar-refractivity contribution is 7.16. The Morgan fingerprint density at radius 3 is 2.60 bits per heavy atom. The van der Waals surface area contributed by atoms with Crippen LogP contribution in [0.2, 0.25) is 0 Å². The summed E-state index contributed by atoms with van der Waals surface area (Å²) in [6, 6.07) is 14.0. The minimum absolute atomic E-state index is 0.0179. The lowest BCUT2D eigenvalue weighted by Gasteiger charge is -2.38. The number of furan rings is 1. The number of likely N-dealkylation sites (tertiary alicyclic amines) is 1. The molecule has 1 saturated heterocycles. The van der Waals surface area contributed by atoms with E-state index in [2.05, 4.69) is 34.5 Å². The molecule has 1 atom stereocenters. The van der Waals surface area contributed by atoms with E-state index in [4.69, 9.17) is 9.15 Å². The molecule has 1 unspecified atom stereocenters. The number of nitrogens with one attached hydrogen (secondary N) is 1. The van der Waals surface area contributed by atoms with Gasteiger partial charge in [-0.15, -0.1) is 11.3 Å². The number of aryl methyl sites for hydroxylation is 1. The van der Waals surface area contributed by atoms with E-state index >= 15 is 0 Å². The lowest BCUT2D eigenvalue weighted by molar-refractivity contribution is -0.149. The number of hydrogen-bond donors (Lipinski definition) is 1. The predicted molar refractivity (Wildman–Crippen MR) is 137 cm³/mol. The van der Waals surface area contributed by atoms with Crippen LogP contribution in [0.1, 0.15) is 70.8 Å². The van der Waals surface area contributed by atoms with Crippen molar-refractivity contribution >= 4 is 28.2 Å². The summed E-state index contributed by atoms with van der Waals surface area (Å²) in [5, 5.41) is 4.10. The van der Waals surface area contributed by atoms with Crippen molar-refractivity contribution in [3.63, 3.8) is 0 Å². The highest BCUT2D eigenvalue weighted by Crippen LogP contribution is 2.46. The molecule has 0 radical (unpaired) electrons. The number of anilines is 1. The molecule has 35 heavy (non-hydrogen) atoms. The summed E-state index contributed by atoms with van der Waals surface area (Å²) >= 11 is 1.71. The number of nitrogens with zero attached hydrogens (tertiary/aromatic N) is 1. The summed E-state index contributed by atoms with van der Waals surface area (Å²) < 4.78 is 10.7. The number of benzene rings is 1. The summed E-state index contributed by atoms with van der Waals surface area (Å²) in [4.78, 5) is 29.2. The first kappa shape index (κ1) is 23.8. The van der Waals surface area contributed by atoms with E-state index in [-0.39, 0.29) is 23.8 Å². The standard InChI is InChI=1S/C28H32N2O4S/c1-2-33-28(32)20-14-16-30(17-15-20)25(19-9-4-3-5-10-19)24-21-11-6-7-13-23(21)35-27(24)29-26(31)22-12-8-18-34-22/h3-5,8-10,12,18,20,25H,2,6-7,11,13-17H2,1H3,(H,29,31). The number of amides is 1. The molecule has 2 aliphatic rings. The van der Waals surface area contributed by atoms with Gasteiger partial charge in [-0.3, -0.25) is 14.5 Å². The minimum Gasteiger partial charge on any atom is -0.466 e. The normalized spacial score (nSPS) is 17.5. The van der Waals surface area contributed by atoms with Crippen LogP contribution in [0.25, 0.3) is 0 Å². The van der Waals surface area contributed by atoms with Gasteiger partial charge in [-0.25, -0.2) is 0 Å². The zero-order chi connectivity index (χ0) is 24.2. The average molecular weight is 493 g/mol. The number of ether oxygens (including phenoxy) is 1. The third-order valence-corrected chi connectivity index (χ3v) is 8.31. The molecule has 1 N–H and O–H groups in total. The molecule has 0 saturated carbocycles. The molecule has 5 rings (SSSR count). The molecule has 1 aliphatic heterocycles. The van der Waals surface area contributed by atoms with Crippen molar-refractivity contribution in [2.45, 2.75) is 51.5 Å². The first-order valence-corrected chi connectivity index (χ1v) is 13.4. The molecule has 184 valence electrons. The van der Waals surface area contributed by atoms with Crippen LogP contribution >= 0.6 is 11.3 Å². The van der Waals surface area contributed by atoms with Gasteiger partial charge in [0.25, 0.3) is 5.91 Å². The third kappa shape index (κ3) is 5.07. The van der Waals surface area contributed by atoms with Gasteiger partial charge in [-0.05, 0) is 81.8 Å². The number of carbonyl (C=O) groups excluding carboxylic acids is 2. The van der Waals surface area contributed by atoms with Crippen molar-refractivity contribution in [2.75, 3.05) is 25.0 Å². The molecule has 1 amide bonds. The van der Waals surface area contributed by atoms with Crippen molar-refractivity contribution in [3.8, 4) is 0 Å². The molecular formula is C28H32N2O4S. The zero-order valence-electron chi connectivity index (χ0n) is 20.1. The number of piperidine rings is 1. The molecule has 7 heteroatoms. The van der Waals surface area contributed by atoms with Gasteiger partial charge in [0.1, 0.15) is 5.00 Å². The highest BCUT2D eigenvalue weighted by atomic mass is 32.1. The Kier molecular flexibility index (Phi) is 7.35. The fraction of sp³-hybridized carbons (Fsp3) is 0.429. The molecule has 2 aromatic heterocycles. The molecule has 1 aliphatic carbocycles. The second kappa shape index (κ2) is 10.8. The van der Waals surface area contributed by atoms with Gasteiger partial charge in [0.05, 0.1) is 24.8 Å². The van der Waals surface area contributed by atoms with Crippen LogP contribution in [0.15, 0.2) is 53.1 Å². The fourth-order valence-corrected chi connectivity index (χ4v) is 6.71. The summed E-state index contributed by atoms with van der Waals surface area (Å²) in [6.45, 7) is 3.89. The minimum atomic E-state index is -0.220.